The van der Waals surface area contributed by atoms with Gasteiger partial charge in [0.15, 0.2) is 0 Å². The second-order valence-corrected chi connectivity index (χ2v) is 7.99. The van der Waals surface area contributed by atoms with Crippen LogP contribution in [0.15, 0.2) is 24.3 Å². The Labute approximate surface area is 161 Å². The molecule has 27 heavy (non-hydrogen) atoms. The van der Waals surface area contributed by atoms with E-state index in [1.165, 1.54) is 17.0 Å². The number of anilines is 1. The topological polar surface area (TPSA) is 53.1 Å². The Hall–Kier alpha value is -2.08. The quantitative estimate of drug-likeness (QED) is 0.717. The Kier molecular flexibility index (Phi) is 5.34. The monoisotopic (exact) mass is 371 g/mol. The van der Waals surface area contributed by atoms with Gasteiger partial charge < -0.3 is 14.5 Å². The Morgan fingerprint density at radius 3 is 2.59 bits per heavy atom. The summed E-state index contributed by atoms with van der Waals surface area (Å²) in [6.45, 7) is 4.73. The van der Waals surface area contributed by atoms with E-state index < -0.39 is 0 Å². The maximum atomic E-state index is 11.9. The summed E-state index contributed by atoms with van der Waals surface area (Å²) in [5, 5.41) is 0. The lowest BCUT2D eigenvalue weighted by atomic mass is 10.00. The van der Waals surface area contributed by atoms with Crippen molar-refractivity contribution in [3.8, 4) is 5.75 Å². The zero-order valence-electron chi connectivity index (χ0n) is 16.1. The Bertz CT molecular complexity index is 692. The maximum Gasteiger partial charge on any atom is 0.229 e. The van der Waals surface area contributed by atoms with Gasteiger partial charge in [-0.3, -0.25) is 14.5 Å². The van der Waals surface area contributed by atoms with Crippen molar-refractivity contribution in [2.75, 3.05) is 44.7 Å². The van der Waals surface area contributed by atoms with Crippen LogP contribution in [0.1, 0.15) is 32.1 Å². The average Bonchev–Trinajstić information content (AvgIpc) is 2.98. The number of ether oxygens (including phenoxy) is 1. The van der Waals surface area contributed by atoms with Crippen molar-refractivity contribution in [3.63, 3.8) is 0 Å². The molecule has 2 bridgehead atoms. The third-order valence-electron chi connectivity index (χ3n) is 6.12. The van der Waals surface area contributed by atoms with E-state index in [1.54, 1.807) is 7.11 Å². The standard InChI is InChI=1S/C21H29N3O3/c1-27-19-7-3-2-6-18(19)24-14-16-12-17(24)15-22(13-16)10-5-11-23-20(25)8-4-9-21(23)26/h2-3,6-7,16-17H,4-5,8-15H2,1H3. The smallest absolute Gasteiger partial charge is 0.229 e. The fraction of sp³-hybridized carbons (Fsp3) is 0.619. The number of para-hydroxylation sites is 2. The summed E-state index contributed by atoms with van der Waals surface area (Å²) >= 11 is 0. The van der Waals surface area contributed by atoms with Crippen LogP contribution in [0.4, 0.5) is 5.69 Å². The number of carbonyl (C=O) groups excluding carboxylic acids is 2. The molecule has 6 nitrogen and oxygen atoms in total. The van der Waals surface area contributed by atoms with Gasteiger partial charge in [0.05, 0.1) is 12.8 Å². The second-order valence-electron chi connectivity index (χ2n) is 7.99. The van der Waals surface area contributed by atoms with Gasteiger partial charge >= 0.3 is 0 Å². The predicted molar refractivity (Wildman–Crippen MR) is 104 cm³/mol. The van der Waals surface area contributed by atoms with Crippen molar-refractivity contribution in [1.82, 2.24) is 9.80 Å². The molecule has 2 unspecified atom stereocenters. The first-order valence-corrected chi connectivity index (χ1v) is 10.1. The molecular formula is C21H29N3O3. The number of methoxy groups -OCH3 is 1. The maximum absolute atomic E-state index is 11.9. The van der Waals surface area contributed by atoms with Gasteiger partial charge in [-0.25, -0.2) is 0 Å². The van der Waals surface area contributed by atoms with E-state index >= 15 is 0 Å². The van der Waals surface area contributed by atoms with Crippen molar-refractivity contribution in [1.29, 1.82) is 0 Å². The van der Waals surface area contributed by atoms with Crippen LogP contribution in [0.3, 0.4) is 0 Å². The molecular weight excluding hydrogens is 342 g/mol. The highest BCUT2D eigenvalue weighted by Crippen LogP contribution is 2.38. The molecule has 3 heterocycles. The SMILES string of the molecule is COc1ccccc1N1CC2CC1CN(CCCN1C(=O)CCCC1=O)C2. The van der Waals surface area contributed by atoms with Crippen molar-refractivity contribution in [2.45, 2.75) is 38.1 Å². The third kappa shape index (κ3) is 3.81. The summed E-state index contributed by atoms with van der Waals surface area (Å²) in [6, 6.07) is 8.78. The summed E-state index contributed by atoms with van der Waals surface area (Å²) in [4.78, 5) is 30.4. The highest BCUT2D eigenvalue weighted by atomic mass is 16.5. The van der Waals surface area contributed by atoms with Gasteiger partial charge in [-0.05, 0) is 43.9 Å². The van der Waals surface area contributed by atoms with Crippen molar-refractivity contribution in [2.24, 2.45) is 5.92 Å². The minimum atomic E-state index is 0.00677. The van der Waals surface area contributed by atoms with Crippen molar-refractivity contribution >= 4 is 17.5 Å². The summed E-state index contributed by atoms with van der Waals surface area (Å²) in [5.41, 5.74) is 1.19. The van der Waals surface area contributed by atoms with Gasteiger partial charge in [0, 0.05) is 45.1 Å². The minimum absolute atomic E-state index is 0.00677. The van der Waals surface area contributed by atoms with Crippen LogP contribution in [0.5, 0.6) is 5.75 Å². The molecule has 6 heteroatoms. The zero-order valence-corrected chi connectivity index (χ0v) is 16.1. The second kappa shape index (κ2) is 7.89. The zero-order chi connectivity index (χ0) is 18.8. The Morgan fingerprint density at radius 1 is 1.04 bits per heavy atom. The molecule has 0 radical (unpaired) electrons. The van der Waals surface area contributed by atoms with Gasteiger partial charge in [0.25, 0.3) is 0 Å². The number of nitrogens with zero attached hydrogens (tertiary/aromatic N) is 3. The molecule has 2 amide bonds. The summed E-state index contributed by atoms with van der Waals surface area (Å²) < 4.78 is 5.56. The van der Waals surface area contributed by atoms with Crippen LogP contribution in [0.25, 0.3) is 0 Å². The van der Waals surface area contributed by atoms with Crippen LogP contribution in [-0.2, 0) is 9.59 Å². The normalized spacial score (nSPS) is 26.0. The van der Waals surface area contributed by atoms with E-state index in [-0.39, 0.29) is 11.8 Å². The van der Waals surface area contributed by atoms with Crippen LogP contribution in [-0.4, -0.2) is 67.5 Å². The molecule has 0 aromatic heterocycles. The molecule has 4 rings (SSSR count). The van der Waals surface area contributed by atoms with Crippen LogP contribution in [0.2, 0.25) is 0 Å². The minimum Gasteiger partial charge on any atom is -0.495 e. The molecule has 1 aromatic rings. The van der Waals surface area contributed by atoms with Crippen LogP contribution >= 0.6 is 0 Å². The molecule has 0 saturated carbocycles. The summed E-state index contributed by atoms with van der Waals surface area (Å²) in [5.74, 6) is 1.63. The predicted octanol–water partition coefficient (Wildman–Crippen LogP) is 2.13. The fourth-order valence-corrected chi connectivity index (χ4v) is 4.90. The van der Waals surface area contributed by atoms with E-state index in [0.717, 1.165) is 38.3 Å². The van der Waals surface area contributed by atoms with Gasteiger partial charge in [0.1, 0.15) is 5.75 Å². The lowest BCUT2D eigenvalue weighted by Gasteiger charge is -2.34. The lowest BCUT2D eigenvalue weighted by Crippen LogP contribution is -2.45. The highest BCUT2D eigenvalue weighted by molar-refractivity contribution is 5.97. The van der Waals surface area contributed by atoms with Gasteiger partial charge in [-0.15, -0.1) is 0 Å². The molecule has 2 atom stereocenters. The number of hydrogen-bond donors (Lipinski definition) is 0. The first kappa shape index (κ1) is 18.3. The lowest BCUT2D eigenvalue weighted by molar-refractivity contribution is -0.148. The number of carbonyl (C=O) groups is 2. The molecule has 3 fully saturated rings. The van der Waals surface area contributed by atoms with Crippen molar-refractivity contribution < 1.29 is 14.3 Å². The van der Waals surface area contributed by atoms with E-state index in [4.69, 9.17) is 4.74 Å². The molecule has 0 spiro atoms. The summed E-state index contributed by atoms with van der Waals surface area (Å²) in [7, 11) is 1.73. The number of hydrogen-bond acceptors (Lipinski definition) is 5. The number of likely N-dealkylation sites (tertiary alicyclic amines) is 2. The van der Waals surface area contributed by atoms with E-state index in [0.29, 0.717) is 37.8 Å². The van der Waals surface area contributed by atoms with Gasteiger partial charge in [0.2, 0.25) is 11.8 Å². The van der Waals surface area contributed by atoms with Crippen LogP contribution < -0.4 is 9.64 Å². The Morgan fingerprint density at radius 2 is 1.81 bits per heavy atom. The molecule has 146 valence electrons. The fourth-order valence-electron chi connectivity index (χ4n) is 4.90. The first-order chi connectivity index (χ1) is 13.2. The third-order valence-corrected chi connectivity index (χ3v) is 6.12. The molecule has 3 aliphatic heterocycles. The van der Waals surface area contributed by atoms with Gasteiger partial charge in [-0.2, -0.15) is 0 Å². The average molecular weight is 371 g/mol. The molecule has 1 aromatic carbocycles. The number of fused-ring (bicyclic) bond motifs is 2. The molecule has 0 N–H and O–H groups in total. The number of imide groups is 1. The van der Waals surface area contributed by atoms with E-state index in [9.17, 15) is 9.59 Å². The largest absolute Gasteiger partial charge is 0.495 e. The number of piperidine rings is 2. The molecule has 3 aliphatic rings. The van der Waals surface area contributed by atoms with E-state index in [2.05, 4.69) is 21.9 Å². The number of benzene rings is 1. The van der Waals surface area contributed by atoms with Gasteiger partial charge in [-0.1, -0.05) is 12.1 Å². The van der Waals surface area contributed by atoms with Crippen molar-refractivity contribution in [3.05, 3.63) is 24.3 Å². The van der Waals surface area contributed by atoms with Crippen LogP contribution in [0, 0.1) is 5.92 Å². The molecule has 3 saturated heterocycles. The summed E-state index contributed by atoms with van der Waals surface area (Å²) in [6.07, 6.45) is 3.85. The highest BCUT2D eigenvalue weighted by Gasteiger charge is 2.39. The van der Waals surface area contributed by atoms with E-state index in [1.807, 2.05) is 12.1 Å². The molecule has 0 aliphatic carbocycles. The number of rotatable bonds is 6. The number of amides is 2. The first-order valence-electron chi connectivity index (χ1n) is 10.1. The Balaban J connectivity index is 1.33.